The van der Waals surface area contributed by atoms with Crippen molar-refractivity contribution in [1.82, 2.24) is 9.88 Å². The summed E-state index contributed by atoms with van der Waals surface area (Å²) in [4.78, 5) is 63.1. The molecule has 0 spiro atoms. The molecule has 0 saturated carbocycles. The first kappa shape index (κ1) is 47.9. The number of aromatic nitrogens is 1. The SMILES string of the molecule is CCN(CC)CCOc1cccc2oc3c4c(=O)c5cc(C)c6c(c5c-3nc12)C(=O)[C@@](C)(O/C=C/[C@H](OC)[C@@H](C)[C@@H](OC(C)=O)[C@H](C)[C@H](O)[C@H](C)[C@@H](O)[C@@H](C)/C=C/C=C(/C)C(=O)N4)O6. The van der Waals surface area contributed by atoms with Gasteiger partial charge in [-0.1, -0.05) is 65.8 Å². The number of para-hydroxylation sites is 1. The number of likely N-dealkylation sites (N-methyl/N-ethyl adjacent to an activating group) is 1. The number of esters is 1. The van der Waals surface area contributed by atoms with Crippen LogP contribution >= 0.6 is 0 Å². The van der Waals surface area contributed by atoms with Gasteiger partial charge >= 0.3 is 11.8 Å². The Bertz CT molecular complexity index is 2520. The van der Waals surface area contributed by atoms with E-state index < -0.39 is 77.0 Å². The maximum absolute atomic E-state index is 14.8. The van der Waals surface area contributed by atoms with E-state index in [1.54, 1.807) is 90.1 Å². The zero-order valence-corrected chi connectivity index (χ0v) is 38.5. The lowest BCUT2D eigenvalue weighted by Crippen LogP contribution is -2.46. The molecule has 3 aliphatic heterocycles. The number of carbonyl (C=O) groups excluding carboxylic acids is 3. The highest BCUT2D eigenvalue weighted by Gasteiger charge is 2.49. The average molecular weight is 884 g/mol. The fourth-order valence-corrected chi connectivity index (χ4v) is 8.68. The quantitative estimate of drug-likeness (QED) is 0.0933. The predicted molar refractivity (Wildman–Crippen MR) is 243 cm³/mol. The molecule has 6 rings (SSSR count). The molecule has 3 N–H and O–H groups in total. The molecule has 2 aromatic rings. The van der Waals surface area contributed by atoms with E-state index in [1.807, 2.05) is 0 Å². The second-order valence-corrected chi connectivity index (χ2v) is 17.1. The van der Waals surface area contributed by atoms with Crippen molar-refractivity contribution < 1.29 is 52.7 Å². The number of hydrogen-bond donors (Lipinski definition) is 3. The first-order chi connectivity index (χ1) is 30.4. The van der Waals surface area contributed by atoms with Crippen LogP contribution in [-0.2, 0) is 23.8 Å². The minimum Gasteiger partial charge on any atom is -0.490 e. The van der Waals surface area contributed by atoms with Gasteiger partial charge in [0, 0.05) is 67.5 Å². The maximum atomic E-state index is 14.8. The van der Waals surface area contributed by atoms with Crippen LogP contribution in [0.5, 0.6) is 11.5 Å². The molecule has 3 heterocycles. The molecule has 4 bridgehead atoms. The highest BCUT2D eigenvalue weighted by molar-refractivity contribution is 6.21. The summed E-state index contributed by atoms with van der Waals surface area (Å²) in [5.74, 6) is -5.59. The zero-order valence-electron chi connectivity index (χ0n) is 38.5. The van der Waals surface area contributed by atoms with E-state index in [9.17, 15) is 29.4 Å². The molecule has 0 saturated heterocycles. The Labute approximate surface area is 373 Å². The number of ether oxygens (including phenoxy) is 5. The van der Waals surface area contributed by atoms with Gasteiger partial charge in [-0.05, 0) is 56.8 Å². The summed E-state index contributed by atoms with van der Waals surface area (Å²) in [6.07, 6.45) is 3.92. The maximum Gasteiger partial charge on any atom is 0.312 e. The zero-order chi connectivity index (χ0) is 46.8. The van der Waals surface area contributed by atoms with Crippen LogP contribution in [0.1, 0.15) is 78.2 Å². The number of aryl methyl sites for hydroxylation is 1. The lowest BCUT2D eigenvalue weighted by Gasteiger charge is -2.38. The Balaban J connectivity index is 1.56. The summed E-state index contributed by atoms with van der Waals surface area (Å²) >= 11 is 0. The molecule has 15 heteroatoms. The Morgan fingerprint density at radius 3 is 2.39 bits per heavy atom. The Morgan fingerprint density at radius 2 is 1.72 bits per heavy atom. The van der Waals surface area contributed by atoms with E-state index in [2.05, 4.69) is 24.1 Å². The van der Waals surface area contributed by atoms with Crippen molar-refractivity contribution in [3.8, 4) is 23.0 Å². The van der Waals surface area contributed by atoms with Crippen LogP contribution in [0, 0.1) is 30.6 Å². The molecular weight excluding hydrogens is 823 g/mol. The molecule has 4 aliphatic rings. The van der Waals surface area contributed by atoms with Crippen LogP contribution in [0.4, 0.5) is 5.69 Å². The molecule has 0 fully saturated rings. The Kier molecular flexibility index (Phi) is 14.7. The summed E-state index contributed by atoms with van der Waals surface area (Å²) in [6.45, 7) is 19.9. The number of carbonyl (C=O) groups is 3. The van der Waals surface area contributed by atoms with Crippen LogP contribution in [0.3, 0.4) is 0 Å². The highest BCUT2D eigenvalue weighted by atomic mass is 16.7. The van der Waals surface area contributed by atoms with Crippen molar-refractivity contribution in [2.45, 2.75) is 99.4 Å². The van der Waals surface area contributed by atoms with Gasteiger partial charge in [-0.3, -0.25) is 19.2 Å². The smallest absolute Gasteiger partial charge is 0.312 e. The number of ketones is 1. The minimum absolute atomic E-state index is 0.0448. The third-order valence-corrected chi connectivity index (χ3v) is 12.7. The van der Waals surface area contributed by atoms with Crippen LogP contribution in [0.25, 0.3) is 33.3 Å². The number of hydrogen-bond acceptors (Lipinski definition) is 14. The van der Waals surface area contributed by atoms with Gasteiger partial charge in [0.1, 0.15) is 41.1 Å². The van der Waals surface area contributed by atoms with E-state index in [0.717, 1.165) is 13.1 Å². The van der Waals surface area contributed by atoms with Crippen LogP contribution < -0.4 is 20.2 Å². The number of anilines is 1. The third-order valence-electron chi connectivity index (χ3n) is 12.7. The number of benzene rings is 3. The molecule has 64 heavy (non-hydrogen) atoms. The van der Waals surface area contributed by atoms with Crippen LogP contribution in [-0.4, -0.2) is 101 Å². The van der Waals surface area contributed by atoms with Crippen LogP contribution in [0.15, 0.2) is 69.6 Å². The molecule has 1 aliphatic carbocycles. The van der Waals surface area contributed by atoms with E-state index in [1.165, 1.54) is 27.2 Å². The van der Waals surface area contributed by atoms with Gasteiger partial charge in [0.2, 0.25) is 5.43 Å². The summed E-state index contributed by atoms with van der Waals surface area (Å²) in [5, 5.41) is 26.0. The highest BCUT2D eigenvalue weighted by Crippen LogP contribution is 2.47. The van der Waals surface area contributed by atoms with Crippen molar-refractivity contribution in [3.05, 3.63) is 81.8 Å². The number of nitrogens with zero attached hydrogens (tertiary/aromatic N) is 2. The molecule has 15 nitrogen and oxygen atoms in total. The number of allylic oxidation sites excluding steroid dienone is 2. The monoisotopic (exact) mass is 883 g/mol. The van der Waals surface area contributed by atoms with Crippen molar-refractivity contribution in [2.75, 3.05) is 38.7 Å². The second-order valence-electron chi connectivity index (χ2n) is 17.1. The predicted octanol–water partition coefficient (Wildman–Crippen LogP) is 6.96. The van der Waals surface area contributed by atoms with Gasteiger partial charge in [-0.25, -0.2) is 4.98 Å². The number of fused-ring (bicyclic) bond motifs is 2. The summed E-state index contributed by atoms with van der Waals surface area (Å²) in [6, 6.07) is 6.78. The lowest BCUT2D eigenvalue weighted by atomic mass is 9.78. The van der Waals surface area contributed by atoms with Crippen molar-refractivity contribution >= 4 is 45.2 Å². The molecule has 2 aromatic carbocycles. The van der Waals surface area contributed by atoms with Gasteiger partial charge in [-0.15, -0.1) is 0 Å². The number of nitrogens with one attached hydrogen (secondary N) is 1. The number of aliphatic hydroxyl groups is 2. The Hall–Kier alpha value is -5.61. The average Bonchev–Trinajstić information content (AvgIpc) is 3.54. The van der Waals surface area contributed by atoms with E-state index in [4.69, 9.17) is 33.1 Å². The van der Waals surface area contributed by atoms with Gasteiger partial charge in [0.05, 0.1) is 30.1 Å². The summed E-state index contributed by atoms with van der Waals surface area (Å²) in [7, 11) is 1.47. The summed E-state index contributed by atoms with van der Waals surface area (Å²) in [5.41, 5.74) is 0.647. The van der Waals surface area contributed by atoms with E-state index in [0.29, 0.717) is 30.0 Å². The van der Waals surface area contributed by atoms with Gasteiger partial charge in [0.25, 0.3) is 11.7 Å². The van der Waals surface area contributed by atoms with Crippen molar-refractivity contribution in [1.29, 1.82) is 0 Å². The van der Waals surface area contributed by atoms with E-state index in [-0.39, 0.29) is 50.4 Å². The number of rotatable bonds is 8. The molecule has 1 amide bonds. The van der Waals surface area contributed by atoms with Gasteiger partial charge in [0.15, 0.2) is 11.3 Å². The number of Topliss-reactive ketones (excluding diaryl/α,β-unsaturated/α-hetero) is 1. The topological polar surface area (TPSA) is 196 Å². The molecule has 0 unspecified atom stereocenters. The molecule has 9 atom stereocenters. The van der Waals surface area contributed by atoms with Crippen molar-refractivity contribution in [3.63, 3.8) is 0 Å². The Morgan fingerprint density at radius 1 is 1.00 bits per heavy atom. The van der Waals surface area contributed by atoms with Gasteiger partial charge < -0.3 is 48.5 Å². The number of aliphatic hydroxyl groups excluding tert-OH is 2. The fourth-order valence-electron chi connectivity index (χ4n) is 8.68. The molecule has 0 aromatic heterocycles. The fraction of sp³-hybridized carbons (Fsp3) is 0.490. The third kappa shape index (κ3) is 9.30. The minimum atomic E-state index is -1.93. The summed E-state index contributed by atoms with van der Waals surface area (Å²) < 4.78 is 36.9. The number of amides is 1. The van der Waals surface area contributed by atoms with Crippen LogP contribution in [0.2, 0.25) is 0 Å². The van der Waals surface area contributed by atoms with Gasteiger partial charge in [-0.2, -0.15) is 0 Å². The second kappa shape index (κ2) is 19.6. The van der Waals surface area contributed by atoms with Crippen molar-refractivity contribution in [2.24, 2.45) is 23.7 Å². The standard InChI is InChI=1S/C49H61N3O12/c1-12-52(13-2)21-23-60-34-18-15-19-35-38(34)50-39-36-32-24-27(5)44-37(36)47(57)49(10,64-44)61-22-20-33(59-11)28(6)45(62-31(9)53)30(8)42(55)29(7)41(54)25(3)16-14-17-26(4)48(58)51-40(43(32)56)46(39)63-35/h14-20,22,24-25,28-30,33,41-42,45,54-55H,12-13,21,23H2,1-11H3,(H,51,58)/b16-14+,22-20+,26-17-/t25-,28+,29+,30+,33-,41-,42+,45+,49-/m0/s1. The lowest BCUT2D eigenvalue weighted by molar-refractivity contribution is -0.160. The molecule has 0 radical (unpaired) electrons. The largest absolute Gasteiger partial charge is 0.490 e. The first-order valence-electron chi connectivity index (χ1n) is 21.9. The van der Waals surface area contributed by atoms with E-state index >= 15 is 0 Å². The number of methoxy groups -OCH3 is 1. The molecular formula is C49H61N3O12. The molecule has 344 valence electrons. The normalized spacial score (nSPS) is 28.8. The first-order valence-corrected chi connectivity index (χ1v) is 21.9.